The summed E-state index contributed by atoms with van der Waals surface area (Å²) < 4.78 is 0. The Labute approximate surface area is 119 Å². The van der Waals surface area contributed by atoms with Gasteiger partial charge in [0, 0.05) is 6.54 Å². The first-order valence-electron chi connectivity index (χ1n) is 6.67. The Kier molecular flexibility index (Phi) is 4.48. The van der Waals surface area contributed by atoms with Crippen LogP contribution in [0.5, 0.6) is 0 Å². The number of nitrogens with zero attached hydrogens (tertiary/aromatic N) is 1. The van der Waals surface area contributed by atoms with E-state index in [1.807, 2.05) is 11.0 Å². The van der Waals surface area contributed by atoms with Gasteiger partial charge in [-0.1, -0.05) is 23.8 Å². The molecule has 104 valence electrons. The first-order valence-corrected chi connectivity index (χ1v) is 7.10. The van der Waals surface area contributed by atoms with Crippen LogP contribution in [0.3, 0.4) is 0 Å². The summed E-state index contributed by atoms with van der Waals surface area (Å²) >= 11 is 6.48. The van der Waals surface area contributed by atoms with Gasteiger partial charge in [-0.2, -0.15) is 0 Å². The van der Waals surface area contributed by atoms with E-state index >= 15 is 0 Å². The number of alkyl halides is 1. The van der Waals surface area contributed by atoms with E-state index in [0.29, 0.717) is 6.54 Å². The molecule has 0 bridgehead atoms. The fourth-order valence-electron chi connectivity index (χ4n) is 2.81. The van der Waals surface area contributed by atoms with E-state index < -0.39 is 5.97 Å². The van der Waals surface area contributed by atoms with Crippen LogP contribution in [-0.4, -0.2) is 35.1 Å². The second-order valence-electron chi connectivity index (χ2n) is 5.32. The average molecular weight is 282 g/mol. The summed E-state index contributed by atoms with van der Waals surface area (Å²) in [6, 6.07) is 5.85. The highest BCUT2D eigenvalue weighted by Gasteiger charge is 2.31. The van der Waals surface area contributed by atoms with Crippen LogP contribution in [-0.2, 0) is 4.79 Å². The SMILES string of the molecule is Cc1ccc(C(Cl)CN2CCCC2C(=O)O)c(C)c1. The summed E-state index contributed by atoms with van der Waals surface area (Å²) in [4.78, 5) is 13.1. The monoisotopic (exact) mass is 281 g/mol. The molecular weight excluding hydrogens is 262 g/mol. The summed E-state index contributed by atoms with van der Waals surface area (Å²) in [6.45, 7) is 5.53. The number of carbonyl (C=O) groups is 1. The van der Waals surface area contributed by atoms with Crippen LogP contribution >= 0.6 is 11.6 Å². The molecule has 1 heterocycles. The molecule has 1 aromatic carbocycles. The van der Waals surface area contributed by atoms with Crippen LogP contribution in [0, 0.1) is 13.8 Å². The molecule has 2 unspecified atom stereocenters. The van der Waals surface area contributed by atoms with Gasteiger partial charge in [-0.15, -0.1) is 11.6 Å². The van der Waals surface area contributed by atoms with Gasteiger partial charge in [-0.25, -0.2) is 0 Å². The second kappa shape index (κ2) is 5.93. The highest BCUT2D eigenvalue weighted by Crippen LogP contribution is 2.28. The van der Waals surface area contributed by atoms with Crippen molar-refractivity contribution in [2.75, 3.05) is 13.1 Å². The van der Waals surface area contributed by atoms with Crippen molar-refractivity contribution in [3.05, 3.63) is 34.9 Å². The number of likely N-dealkylation sites (tertiary alicyclic amines) is 1. The molecule has 1 N–H and O–H groups in total. The minimum Gasteiger partial charge on any atom is -0.480 e. The third kappa shape index (κ3) is 3.28. The third-order valence-electron chi connectivity index (χ3n) is 3.81. The van der Waals surface area contributed by atoms with Crippen LogP contribution in [0.2, 0.25) is 0 Å². The van der Waals surface area contributed by atoms with Gasteiger partial charge in [0.2, 0.25) is 0 Å². The van der Waals surface area contributed by atoms with Gasteiger partial charge >= 0.3 is 5.97 Å². The zero-order chi connectivity index (χ0) is 14.0. The van der Waals surface area contributed by atoms with Crippen LogP contribution in [0.1, 0.15) is 34.9 Å². The number of aliphatic carboxylic acids is 1. The number of rotatable bonds is 4. The lowest BCUT2D eigenvalue weighted by Crippen LogP contribution is -2.37. The summed E-state index contributed by atoms with van der Waals surface area (Å²) in [5.74, 6) is -0.734. The highest BCUT2D eigenvalue weighted by molar-refractivity contribution is 6.21. The Morgan fingerprint density at radius 3 is 2.89 bits per heavy atom. The van der Waals surface area contributed by atoms with E-state index in [1.165, 1.54) is 11.1 Å². The molecule has 0 aliphatic carbocycles. The zero-order valence-corrected chi connectivity index (χ0v) is 12.2. The molecule has 0 radical (unpaired) electrons. The summed E-state index contributed by atoms with van der Waals surface area (Å²) in [6.07, 6.45) is 1.67. The molecule has 2 rings (SSSR count). The lowest BCUT2D eigenvalue weighted by molar-refractivity contribution is -0.142. The van der Waals surface area contributed by atoms with E-state index in [1.54, 1.807) is 0 Å². The quantitative estimate of drug-likeness (QED) is 0.862. The van der Waals surface area contributed by atoms with Gasteiger partial charge in [0.15, 0.2) is 0 Å². The molecular formula is C15H20ClNO2. The molecule has 1 saturated heterocycles. The first kappa shape index (κ1) is 14.4. The number of hydrogen-bond acceptors (Lipinski definition) is 2. The van der Waals surface area contributed by atoms with E-state index in [-0.39, 0.29) is 11.4 Å². The summed E-state index contributed by atoms with van der Waals surface area (Å²) in [7, 11) is 0. The summed E-state index contributed by atoms with van der Waals surface area (Å²) in [5.41, 5.74) is 3.49. The molecule has 0 aromatic heterocycles. The number of carboxylic acid groups (broad SMARTS) is 1. The van der Waals surface area contributed by atoms with Gasteiger partial charge in [0.1, 0.15) is 6.04 Å². The van der Waals surface area contributed by atoms with Crippen molar-refractivity contribution in [1.29, 1.82) is 0 Å². The maximum absolute atomic E-state index is 11.2. The van der Waals surface area contributed by atoms with Crippen molar-refractivity contribution in [3.63, 3.8) is 0 Å². The van der Waals surface area contributed by atoms with Crippen LogP contribution in [0.15, 0.2) is 18.2 Å². The molecule has 4 heteroatoms. The molecule has 0 saturated carbocycles. The van der Waals surface area contributed by atoms with Crippen LogP contribution in [0.4, 0.5) is 0 Å². The zero-order valence-electron chi connectivity index (χ0n) is 11.4. The predicted molar refractivity (Wildman–Crippen MR) is 76.7 cm³/mol. The maximum atomic E-state index is 11.2. The van der Waals surface area contributed by atoms with E-state index in [2.05, 4.69) is 26.0 Å². The van der Waals surface area contributed by atoms with Crippen LogP contribution < -0.4 is 0 Å². The van der Waals surface area contributed by atoms with Crippen molar-refractivity contribution in [3.8, 4) is 0 Å². The Morgan fingerprint density at radius 2 is 2.26 bits per heavy atom. The molecule has 1 aliphatic rings. The topological polar surface area (TPSA) is 40.5 Å². The van der Waals surface area contributed by atoms with Crippen molar-refractivity contribution < 1.29 is 9.90 Å². The maximum Gasteiger partial charge on any atom is 0.320 e. The molecule has 1 aliphatic heterocycles. The Morgan fingerprint density at radius 1 is 1.53 bits per heavy atom. The Bertz CT molecular complexity index is 475. The molecule has 2 atom stereocenters. The van der Waals surface area contributed by atoms with Gasteiger partial charge in [0.25, 0.3) is 0 Å². The Balaban J connectivity index is 2.08. The van der Waals surface area contributed by atoms with Crippen molar-refractivity contribution in [1.82, 2.24) is 4.90 Å². The molecule has 0 amide bonds. The van der Waals surface area contributed by atoms with Gasteiger partial charge in [0.05, 0.1) is 5.38 Å². The highest BCUT2D eigenvalue weighted by atomic mass is 35.5. The third-order valence-corrected chi connectivity index (χ3v) is 4.18. The van der Waals surface area contributed by atoms with Gasteiger partial charge in [-0.3, -0.25) is 9.69 Å². The van der Waals surface area contributed by atoms with Crippen molar-refractivity contribution in [2.45, 2.75) is 38.1 Å². The molecule has 1 aromatic rings. The molecule has 19 heavy (non-hydrogen) atoms. The number of benzene rings is 1. The smallest absolute Gasteiger partial charge is 0.320 e. The minimum atomic E-state index is -0.734. The number of halogens is 1. The molecule has 0 spiro atoms. The lowest BCUT2D eigenvalue weighted by atomic mass is 10.0. The molecule has 3 nitrogen and oxygen atoms in total. The van der Waals surface area contributed by atoms with Crippen molar-refractivity contribution >= 4 is 17.6 Å². The van der Waals surface area contributed by atoms with Gasteiger partial charge in [-0.05, 0) is 44.4 Å². The largest absolute Gasteiger partial charge is 0.480 e. The first-order chi connectivity index (χ1) is 8.99. The fraction of sp³-hybridized carbons (Fsp3) is 0.533. The fourth-order valence-corrected chi connectivity index (χ4v) is 3.23. The minimum absolute atomic E-state index is 0.152. The van der Waals surface area contributed by atoms with E-state index in [9.17, 15) is 9.90 Å². The number of hydrogen-bond donors (Lipinski definition) is 1. The van der Waals surface area contributed by atoms with Crippen LogP contribution in [0.25, 0.3) is 0 Å². The average Bonchev–Trinajstić information content (AvgIpc) is 2.76. The van der Waals surface area contributed by atoms with Gasteiger partial charge < -0.3 is 5.11 Å². The normalized spacial score (nSPS) is 21.5. The molecule has 1 fully saturated rings. The van der Waals surface area contributed by atoms with E-state index in [4.69, 9.17) is 11.6 Å². The number of aryl methyl sites for hydroxylation is 2. The second-order valence-corrected chi connectivity index (χ2v) is 5.85. The predicted octanol–water partition coefficient (Wildman–Crippen LogP) is 3.13. The number of carboxylic acids is 1. The lowest BCUT2D eigenvalue weighted by Gasteiger charge is -2.24. The Hall–Kier alpha value is -1.06. The summed E-state index contributed by atoms with van der Waals surface area (Å²) in [5, 5.41) is 9.02. The van der Waals surface area contributed by atoms with E-state index in [0.717, 1.165) is 24.9 Å². The standard InChI is InChI=1S/C15H20ClNO2/c1-10-5-6-12(11(2)8-10)13(16)9-17-7-3-4-14(17)15(18)19/h5-6,8,13-14H,3-4,7,9H2,1-2H3,(H,18,19). The van der Waals surface area contributed by atoms with Crippen molar-refractivity contribution in [2.24, 2.45) is 0 Å².